The summed E-state index contributed by atoms with van der Waals surface area (Å²) in [7, 11) is 0.808. The summed E-state index contributed by atoms with van der Waals surface area (Å²) in [5.74, 6) is -0.0802. The first-order chi connectivity index (χ1) is 10.8. The van der Waals surface area contributed by atoms with Crippen LogP contribution in [0.25, 0.3) is 0 Å². The molecule has 1 N–H and O–H groups in total. The number of ether oxygens (including phenoxy) is 2. The van der Waals surface area contributed by atoms with Crippen molar-refractivity contribution in [2.45, 2.75) is 23.8 Å². The molecule has 1 heterocycles. The summed E-state index contributed by atoms with van der Waals surface area (Å²) in [6, 6.07) is 4.36. The summed E-state index contributed by atoms with van der Waals surface area (Å²) >= 11 is 0. The molecule has 128 valence electrons. The van der Waals surface area contributed by atoms with E-state index >= 15 is 0 Å². The molecule has 0 radical (unpaired) electrons. The van der Waals surface area contributed by atoms with Crippen molar-refractivity contribution < 1.29 is 22.7 Å². The van der Waals surface area contributed by atoms with E-state index in [0.717, 1.165) is 12.8 Å². The molecule has 2 rings (SSSR count). The smallest absolute Gasteiger partial charge is 0.253 e. The van der Waals surface area contributed by atoms with Gasteiger partial charge in [-0.15, -0.1) is 0 Å². The Morgan fingerprint density at radius 3 is 2.74 bits per heavy atom. The van der Waals surface area contributed by atoms with Crippen molar-refractivity contribution in [2.24, 2.45) is 0 Å². The van der Waals surface area contributed by atoms with E-state index in [1.165, 1.54) is 24.1 Å². The van der Waals surface area contributed by atoms with Gasteiger partial charge in [0.05, 0.1) is 13.2 Å². The molecule has 0 aromatic heterocycles. The van der Waals surface area contributed by atoms with Crippen LogP contribution < -0.4 is 9.46 Å². The van der Waals surface area contributed by atoms with E-state index in [-0.39, 0.29) is 34.8 Å². The third-order valence-electron chi connectivity index (χ3n) is 3.63. The van der Waals surface area contributed by atoms with E-state index in [2.05, 4.69) is 4.72 Å². The average molecular weight is 342 g/mol. The van der Waals surface area contributed by atoms with Gasteiger partial charge in [0.15, 0.2) is 0 Å². The molecule has 1 saturated heterocycles. The van der Waals surface area contributed by atoms with E-state index in [4.69, 9.17) is 9.47 Å². The van der Waals surface area contributed by atoms with Gasteiger partial charge in [-0.2, -0.15) is 0 Å². The first-order valence-electron chi connectivity index (χ1n) is 7.36. The average Bonchev–Trinajstić information content (AvgIpc) is 3.05. The summed E-state index contributed by atoms with van der Waals surface area (Å²) in [5, 5.41) is 0. The van der Waals surface area contributed by atoms with E-state index in [1.807, 2.05) is 0 Å². The van der Waals surface area contributed by atoms with Gasteiger partial charge in [0.2, 0.25) is 10.0 Å². The summed E-state index contributed by atoms with van der Waals surface area (Å²) < 4.78 is 38.2. The number of amides is 1. The van der Waals surface area contributed by atoms with Gasteiger partial charge in [-0.25, -0.2) is 13.1 Å². The predicted octanol–water partition coefficient (Wildman–Crippen LogP) is 0.854. The Labute approximate surface area is 136 Å². The van der Waals surface area contributed by atoms with Crippen LogP contribution in [0.5, 0.6) is 5.75 Å². The second-order valence-electron chi connectivity index (χ2n) is 5.55. The van der Waals surface area contributed by atoms with Gasteiger partial charge in [-0.05, 0) is 31.0 Å². The second kappa shape index (κ2) is 7.29. The number of carbonyl (C=O) groups is 1. The number of rotatable bonds is 6. The molecule has 1 fully saturated rings. The zero-order valence-electron chi connectivity index (χ0n) is 13.5. The van der Waals surface area contributed by atoms with Crippen LogP contribution in [0, 0.1) is 0 Å². The van der Waals surface area contributed by atoms with Gasteiger partial charge in [0.1, 0.15) is 10.6 Å². The lowest BCUT2D eigenvalue weighted by Crippen LogP contribution is -2.32. The molecule has 1 aliphatic rings. The number of benzene rings is 1. The topological polar surface area (TPSA) is 84.9 Å². The molecule has 23 heavy (non-hydrogen) atoms. The standard InChI is InChI=1S/C15H22N2O5S/c1-17(2)15(18)11-6-7-13(21-3)14(9-11)23(19,20)16-10-12-5-4-8-22-12/h6-7,9,12,16H,4-5,8,10H2,1-3H3/t12-/m1/s1. The van der Waals surface area contributed by atoms with Crippen LogP contribution in [-0.4, -0.2) is 59.7 Å². The molecule has 0 aliphatic carbocycles. The fourth-order valence-corrected chi connectivity index (χ4v) is 3.62. The maximum Gasteiger partial charge on any atom is 0.253 e. The van der Waals surface area contributed by atoms with Crippen molar-refractivity contribution in [3.63, 3.8) is 0 Å². The highest BCUT2D eigenvalue weighted by Crippen LogP contribution is 2.25. The summed E-state index contributed by atoms with van der Waals surface area (Å²) in [4.78, 5) is 13.4. The molecule has 1 amide bonds. The number of hydrogen-bond acceptors (Lipinski definition) is 5. The lowest BCUT2D eigenvalue weighted by Gasteiger charge is -2.15. The SMILES string of the molecule is COc1ccc(C(=O)N(C)C)cc1S(=O)(=O)NC[C@H]1CCCO1. The molecule has 8 heteroatoms. The number of sulfonamides is 1. The molecular formula is C15H22N2O5S. The first kappa shape index (κ1) is 17.7. The molecule has 1 aliphatic heterocycles. The quantitative estimate of drug-likeness (QED) is 0.829. The molecule has 0 unspecified atom stereocenters. The van der Waals surface area contributed by atoms with E-state index in [9.17, 15) is 13.2 Å². The van der Waals surface area contributed by atoms with Crippen molar-refractivity contribution in [3.05, 3.63) is 23.8 Å². The van der Waals surface area contributed by atoms with Gasteiger partial charge < -0.3 is 14.4 Å². The minimum atomic E-state index is -3.80. The van der Waals surface area contributed by atoms with Crippen molar-refractivity contribution >= 4 is 15.9 Å². The Balaban J connectivity index is 2.27. The van der Waals surface area contributed by atoms with Gasteiger partial charge in [-0.1, -0.05) is 0 Å². The second-order valence-corrected chi connectivity index (χ2v) is 7.29. The number of carbonyl (C=O) groups excluding carboxylic acids is 1. The Hall–Kier alpha value is -1.64. The molecule has 0 spiro atoms. The maximum atomic E-state index is 12.5. The highest BCUT2D eigenvalue weighted by molar-refractivity contribution is 7.89. The molecule has 1 aromatic carbocycles. The fraction of sp³-hybridized carbons (Fsp3) is 0.533. The molecule has 0 bridgehead atoms. The lowest BCUT2D eigenvalue weighted by molar-refractivity contribution is 0.0827. The molecule has 0 saturated carbocycles. The normalized spacial score (nSPS) is 18.0. The van der Waals surface area contributed by atoms with Crippen LogP contribution in [0.1, 0.15) is 23.2 Å². The molecular weight excluding hydrogens is 320 g/mol. The van der Waals surface area contributed by atoms with Crippen molar-refractivity contribution in [1.29, 1.82) is 0 Å². The third kappa shape index (κ3) is 4.21. The minimum Gasteiger partial charge on any atom is -0.495 e. The number of nitrogens with one attached hydrogen (secondary N) is 1. The molecule has 7 nitrogen and oxygen atoms in total. The Morgan fingerprint density at radius 2 is 2.17 bits per heavy atom. The third-order valence-corrected chi connectivity index (χ3v) is 5.08. The summed E-state index contributed by atoms with van der Waals surface area (Å²) in [6.07, 6.45) is 1.66. The van der Waals surface area contributed by atoms with Crippen molar-refractivity contribution in [2.75, 3.05) is 34.4 Å². The van der Waals surface area contributed by atoms with Crippen molar-refractivity contribution in [1.82, 2.24) is 9.62 Å². The highest BCUT2D eigenvalue weighted by atomic mass is 32.2. The zero-order valence-corrected chi connectivity index (χ0v) is 14.4. The van der Waals surface area contributed by atoms with Crippen LogP contribution >= 0.6 is 0 Å². The summed E-state index contributed by atoms with van der Waals surface area (Å²) in [5.41, 5.74) is 0.285. The maximum absolute atomic E-state index is 12.5. The largest absolute Gasteiger partial charge is 0.495 e. The Bertz CT molecular complexity index is 666. The van der Waals surface area contributed by atoms with E-state index in [1.54, 1.807) is 20.2 Å². The Morgan fingerprint density at radius 1 is 1.43 bits per heavy atom. The number of nitrogens with zero attached hydrogens (tertiary/aromatic N) is 1. The zero-order chi connectivity index (χ0) is 17.0. The fourth-order valence-electron chi connectivity index (χ4n) is 2.36. The van der Waals surface area contributed by atoms with Gasteiger partial charge in [0, 0.05) is 32.8 Å². The molecule has 1 atom stereocenters. The van der Waals surface area contributed by atoms with Crippen molar-refractivity contribution in [3.8, 4) is 5.75 Å². The summed E-state index contributed by atoms with van der Waals surface area (Å²) in [6.45, 7) is 0.861. The monoisotopic (exact) mass is 342 g/mol. The molecule has 1 aromatic rings. The highest BCUT2D eigenvalue weighted by Gasteiger charge is 2.24. The first-order valence-corrected chi connectivity index (χ1v) is 8.84. The minimum absolute atomic E-state index is 0.0503. The number of hydrogen-bond donors (Lipinski definition) is 1. The Kier molecular flexibility index (Phi) is 5.61. The number of methoxy groups -OCH3 is 1. The predicted molar refractivity (Wildman–Crippen MR) is 85.2 cm³/mol. The van der Waals surface area contributed by atoms with E-state index < -0.39 is 10.0 Å². The van der Waals surface area contributed by atoms with Gasteiger partial charge >= 0.3 is 0 Å². The van der Waals surface area contributed by atoms with Crippen LogP contribution in [0.4, 0.5) is 0 Å². The van der Waals surface area contributed by atoms with Crippen LogP contribution in [0.3, 0.4) is 0 Å². The van der Waals surface area contributed by atoms with Crippen LogP contribution in [-0.2, 0) is 14.8 Å². The van der Waals surface area contributed by atoms with Gasteiger partial charge in [0.25, 0.3) is 5.91 Å². The van der Waals surface area contributed by atoms with Gasteiger partial charge in [-0.3, -0.25) is 4.79 Å². The van der Waals surface area contributed by atoms with Crippen LogP contribution in [0.15, 0.2) is 23.1 Å². The van der Waals surface area contributed by atoms with E-state index in [0.29, 0.717) is 6.61 Å². The van der Waals surface area contributed by atoms with Crippen LogP contribution in [0.2, 0.25) is 0 Å². The lowest BCUT2D eigenvalue weighted by atomic mass is 10.2.